The smallest absolute Gasteiger partial charge is 0.146 e. The van der Waals surface area contributed by atoms with Gasteiger partial charge in [0.2, 0.25) is 0 Å². The molecule has 0 aromatic heterocycles. The minimum Gasteiger partial charge on any atom is -0.388 e. The molecule has 1 fully saturated rings. The van der Waals surface area contributed by atoms with Gasteiger partial charge in [0.15, 0.2) is 0 Å². The highest BCUT2D eigenvalue weighted by atomic mass is 79.9. The van der Waals surface area contributed by atoms with E-state index in [0.29, 0.717) is 0 Å². The van der Waals surface area contributed by atoms with E-state index in [2.05, 4.69) is 45.0 Å². The molecule has 1 spiro atoms. The van der Waals surface area contributed by atoms with E-state index in [0.717, 1.165) is 54.1 Å². The molecule has 108 valence electrons. The molecule has 0 aliphatic carbocycles. The number of aryl methyl sites for hydroxylation is 1. The van der Waals surface area contributed by atoms with E-state index in [4.69, 9.17) is 16.4 Å². The molecule has 0 unspecified atom stereocenters. The lowest BCUT2D eigenvalue weighted by Gasteiger charge is -2.37. The molecule has 3 rings (SSSR count). The minimum absolute atomic E-state index is 0.0504. The molecule has 20 heavy (non-hydrogen) atoms. The summed E-state index contributed by atoms with van der Waals surface area (Å²) >= 11 is 9.50. The van der Waals surface area contributed by atoms with Crippen LogP contribution in [0.3, 0.4) is 0 Å². The predicted octanol–water partition coefficient (Wildman–Crippen LogP) is 4.11. The fourth-order valence-corrected chi connectivity index (χ4v) is 3.63. The molecule has 0 N–H and O–H groups in total. The van der Waals surface area contributed by atoms with Crippen LogP contribution in [0, 0.1) is 6.92 Å². The Balaban J connectivity index is 1.57. The second-order valence-corrected chi connectivity index (χ2v) is 7.10. The first-order valence-electron chi connectivity index (χ1n) is 6.94. The number of piperidine rings is 1. The van der Waals surface area contributed by atoms with Gasteiger partial charge in [-0.1, -0.05) is 28.9 Å². The van der Waals surface area contributed by atoms with Gasteiger partial charge in [-0.25, -0.2) is 0 Å². The molecule has 1 aromatic rings. The predicted molar refractivity (Wildman–Crippen MR) is 85.5 cm³/mol. The van der Waals surface area contributed by atoms with E-state index in [1.54, 1.807) is 0 Å². The summed E-state index contributed by atoms with van der Waals surface area (Å²) in [6, 6.07) is 6.28. The van der Waals surface area contributed by atoms with Crippen LogP contribution < -0.4 is 0 Å². The van der Waals surface area contributed by atoms with Crippen LogP contribution in [0.4, 0.5) is 0 Å². The highest BCUT2D eigenvalue weighted by molar-refractivity contribution is 9.18. The quantitative estimate of drug-likeness (QED) is 0.795. The standard InChI is InChI=1S/C15H18BrClN2O/c1-11-8-12(2-3-13(11)17)10-19-6-4-15(5-7-19)9-14(16)18-20-15/h2-3,8H,4-7,9-10H2,1H3. The van der Waals surface area contributed by atoms with Gasteiger partial charge in [0.25, 0.3) is 0 Å². The van der Waals surface area contributed by atoms with Gasteiger partial charge >= 0.3 is 0 Å². The Hall–Kier alpha value is -0.580. The summed E-state index contributed by atoms with van der Waals surface area (Å²) in [4.78, 5) is 8.10. The zero-order valence-corrected chi connectivity index (χ0v) is 13.9. The van der Waals surface area contributed by atoms with Crippen molar-refractivity contribution < 1.29 is 4.84 Å². The van der Waals surface area contributed by atoms with Crippen molar-refractivity contribution in [2.45, 2.75) is 38.3 Å². The van der Waals surface area contributed by atoms with E-state index in [-0.39, 0.29) is 5.60 Å². The van der Waals surface area contributed by atoms with E-state index in [1.807, 2.05) is 6.07 Å². The van der Waals surface area contributed by atoms with E-state index >= 15 is 0 Å². The van der Waals surface area contributed by atoms with Crippen molar-refractivity contribution in [3.63, 3.8) is 0 Å². The van der Waals surface area contributed by atoms with Crippen molar-refractivity contribution in [3.05, 3.63) is 34.3 Å². The molecular formula is C15H18BrClN2O. The Morgan fingerprint density at radius 2 is 2.15 bits per heavy atom. The summed E-state index contributed by atoms with van der Waals surface area (Å²) in [6.07, 6.45) is 3.00. The van der Waals surface area contributed by atoms with Gasteiger partial charge in [-0.2, -0.15) is 0 Å². The summed E-state index contributed by atoms with van der Waals surface area (Å²) < 4.78 is 0.944. The molecule has 0 radical (unpaired) electrons. The summed E-state index contributed by atoms with van der Waals surface area (Å²) in [6.45, 7) is 5.14. The van der Waals surface area contributed by atoms with Gasteiger partial charge in [-0.15, -0.1) is 0 Å². The van der Waals surface area contributed by atoms with Crippen molar-refractivity contribution in [2.75, 3.05) is 13.1 Å². The summed E-state index contributed by atoms with van der Waals surface area (Å²) in [5.74, 6) is 0. The first-order valence-corrected chi connectivity index (χ1v) is 8.11. The van der Waals surface area contributed by atoms with Gasteiger partial charge < -0.3 is 4.84 Å². The molecule has 2 aliphatic heterocycles. The lowest BCUT2D eigenvalue weighted by molar-refractivity contribution is -0.0627. The van der Waals surface area contributed by atoms with Crippen molar-refractivity contribution in [2.24, 2.45) is 5.16 Å². The maximum absolute atomic E-state index is 6.07. The fourth-order valence-electron chi connectivity index (χ4n) is 2.93. The summed E-state index contributed by atoms with van der Waals surface area (Å²) in [5, 5.41) is 4.88. The number of hydrogen-bond acceptors (Lipinski definition) is 3. The molecule has 0 bridgehead atoms. The third kappa shape index (κ3) is 3.02. The molecule has 0 atom stereocenters. The van der Waals surface area contributed by atoms with Crippen LogP contribution in [0.2, 0.25) is 5.02 Å². The van der Waals surface area contributed by atoms with Gasteiger partial charge in [0.05, 0.1) is 0 Å². The average molecular weight is 358 g/mol. The molecule has 3 nitrogen and oxygen atoms in total. The number of nitrogens with zero attached hydrogens (tertiary/aromatic N) is 2. The first-order chi connectivity index (χ1) is 9.56. The van der Waals surface area contributed by atoms with Crippen LogP contribution in [0.1, 0.15) is 30.4 Å². The van der Waals surface area contributed by atoms with Gasteiger partial charge in [-0.3, -0.25) is 4.90 Å². The lowest BCUT2D eigenvalue weighted by atomic mass is 9.89. The van der Waals surface area contributed by atoms with Crippen LogP contribution in [-0.2, 0) is 11.4 Å². The SMILES string of the molecule is Cc1cc(CN2CCC3(CC2)CC(Br)=NO3)ccc1Cl. The van der Waals surface area contributed by atoms with Gasteiger partial charge in [0, 0.05) is 43.9 Å². The van der Waals surface area contributed by atoms with Crippen LogP contribution in [0.15, 0.2) is 23.4 Å². The van der Waals surface area contributed by atoms with Gasteiger partial charge in [-0.05, 0) is 40.0 Å². The van der Waals surface area contributed by atoms with E-state index < -0.39 is 0 Å². The minimum atomic E-state index is -0.0504. The number of halogens is 2. The number of hydrogen-bond donors (Lipinski definition) is 0. The zero-order valence-electron chi connectivity index (χ0n) is 11.5. The monoisotopic (exact) mass is 356 g/mol. The van der Waals surface area contributed by atoms with Crippen molar-refractivity contribution in [3.8, 4) is 0 Å². The van der Waals surface area contributed by atoms with E-state index in [1.165, 1.54) is 5.56 Å². The number of oxime groups is 1. The second-order valence-electron chi connectivity index (χ2n) is 5.78. The normalized spacial score (nSPS) is 21.9. The molecule has 0 amide bonds. The van der Waals surface area contributed by atoms with Crippen molar-refractivity contribution in [1.29, 1.82) is 0 Å². The molecular weight excluding hydrogens is 340 g/mol. The molecule has 1 aromatic carbocycles. The third-order valence-electron chi connectivity index (χ3n) is 4.20. The Kier molecular flexibility index (Phi) is 4.07. The largest absolute Gasteiger partial charge is 0.388 e. The summed E-state index contributed by atoms with van der Waals surface area (Å²) in [7, 11) is 0. The maximum Gasteiger partial charge on any atom is 0.146 e. The molecule has 1 saturated heterocycles. The van der Waals surface area contributed by atoms with Crippen molar-refractivity contribution in [1.82, 2.24) is 4.90 Å². The maximum atomic E-state index is 6.07. The highest BCUT2D eigenvalue weighted by Gasteiger charge is 2.41. The fraction of sp³-hybridized carbons (Fsp3) is 0.533. The Labute approximate surface area is 133 Å². The highest BCUT2D eigenvalue weighted by Crippen LogP contribution is 2.36. The average Bonchev–Trinajstić information content (AvgIpc) is 2.78. The van der Waals surface area contributed by atoms with Crippen LogP contribution in [-0.4, -0.2) is 28.2 Å². The summed E-state index contributed by atoms with van der Waals surface area (Å²) in [5.41, 5.74) is 2.42. The van der Waals surface area contributed by atoms with Crippen LogP contribution in [0.25, 0.3) is 0 Å². The molecule has 2 aliphatic rings. The number of benzene rings is 1. The van der Waals surface area contributed by atoms with Crippen molar-refractivity contribution >= 4 is 32.2 Å². The Morgan fingerprint density at radius 1 is 1.40 bits per heavy atom. The third-order valence-corrected chi connectivity index (χ3v) is 5.05. The Bertz CT molecular complexity index is 539. The lowest BCUT2D eigenvalue weighted by Crippen LogP contribution is -2.44. The van der Waals surface area contributed by atoms with Gasteiger partial charge in [0.1, 0.15) is 10.2 Å². The van der Waals surface area contributed by atoms with Crippen LogP contribution >= 0.6 is 27.5 Å². The van der Waals surface area contributed by atoms with Crippen LogP contribution in [0.5, 0.6) is 0 Å². The topological polar surface area (TPSA) is 24.8 Å². The zero-order chi connectivity index (χ0) is 14.2. The first kappa shape index (κ1) is 14.4. The van der Waals surface area contributed by atoms with E-state index in [9.17, 15) is 0 Å². The number of rotatable bonds is 2. The molecule has 0 saturated carbocycles. The molecule has 5 heteroatoms. The second kappa shape index (κ2) is 5.66. The number of likely N-dealkylation sites (tertiary alicyclic amines) is 1. The molecule has 2 heterocycles. The Morgan fingerprint density at radius 3 is 2.75 bits per heavy atom.